The Hall–Kier alpha value is 1.67. The van der Waals surface area contributed by atoms with Crippen LogP contribution in [0.15, 0.2) is 0 Å². The van der Waals surface area contributed by atoms with Crippen molar-refractivity contribution >= 4 is 58.8 Å². The molecule has 0 spiro atoms. The van der Waals surface area contributed by atoms with Crippen LogP contribution in [0.3, 0.4) is 0 Å². The smallest absolute Gasteiger partial charge is 0.100 e. The molecule has 0 aromatic rings. The van der Waals surface area contributed by atoms with E-state index in [1.165, 1.54) is 41.6 Å². The number of rotatable bonds is 0. The van der Waals surface area contributed by atoms with E-state index in [9.17, 15) is 0 Å². The van der Waals surface area contributed by atoms with Crippen LogP contribution >= 0.6 is 58.8 Å². The SMILES string of the molecule is C1CSCO1.CC1CCCS1.CC1OCCS1.CC1SCCS1. The van der Waals surface area contributed by atoms with Gasteiger partial charge in [0.1, 0.15) is 5.44 Å². The van der Waals surface area contributed by atoms with Crippen LogP contribution in [0, 0.1) is 0 Å². The maximum absolute atomic E-state index is 5.12. The molecule has 0 bridgehead atoms. The van der Waals surface area contributed by atoms with Gasteiger partial charge in [-0.25, -0.2) is 0 Å². The molecule has 2 unspecified atom stereocenters. The third-order valence-electron chi connectivity index (χ3n) is 3.27. The van der Waals surface area contributed by atoms with Crippen molar-refractivity contribution in [3.8, 4) is 0 Å². The molecular formula is C16H32O2S5. The number of hydrogen-bond acceptors (Lipinski definition) is 7. The van der Waals surface area contributed by atoms with Crippen molar-refractivity contribution in [3.05, 3.63) is 0 Å². The minimum absolute atomic E-state index is 0.463. The van der Waals surface area contributed by atoms with Gasteiger partial charge in [-0.1, -0.05) is 6.92 Å². The zero-order chi connectivity index (χ0) is 16.8. The van der Waals surface area contributed by atoms with Gasteiger partial charge in [0.05, 0.1) is 19.2 Å². The Balaban J connectivity index is 0.000000154. The van der Waals surface area contributed by atoms with Crippen molar-refractivity contribution in [1.29, 1.82) is 0 Å². The average Bonchev–Trinajstić information content (AvgIpc) is 3.31. The molecule has 4 rings (SSSR count). The van der Waals surface area contributed by atoms with Crippen LogP contribution in [0.1, 0.15) is 33.6 Å². The van der Waals surface area contributed by atoms with E-state index in [1.807, 2.05) is 23.5 Å². The van der Waals surface area contributed by atoms with Gasteiger partial charge in [0.15, 0.2) is 0 Å². The first-order valence-electron chi connectivity index (χ1n) is 8.42. The largest absolute Gasteiger partial charge is 0.370 e. The van der Waals surface area contributed by atoms with Crippen LogP contribution in [0.25, 0.3) is 0 Å². The molecule has 0 amide bonds. The fraction of sp³-hybridized carbons (Fsp3) is 1.00. The van der Waals surface area contributed by atoms with Crippen molar-refractivity contribution in [2.75, 3.05) is 47.9 Å². The molecule has 4 fully saturated rings. The van der Waals surface area contributed by atoms with Crippen LogP contribution in [0.5, 0.6) is 0 Å². The highest BCUT2D eigenvalue weighted by Crippen LogP contribution is 2.30. The molecule has 138 valence electrons. The summed E-state index contributed by atoms with van der Waals surface area (Å²) in [5.74, 6) is 7.43. The summed E-state index contributed by atoms with van der Waals surface area (Å²) in [6.07, 6.45) is 2.90. The van der Waals surface area contributed by atoms with Crippen LogP contribution in [0.2, 0.25) is 0 Å². The maximum Gasteiger partial charge on any atom is 0.100 e. The summed E-state index contributed by atoms with van der Waals surface area (Å²) in [7, 11) is 0. The van der Waals surface area contributed by atoms with E-state index in [0.29, 0.717) is 5.44 Å². The van der Waals surface area contributed by atoms with E-state index in [1.54, 1.807) is 0 Å². The highest BCUT2D eigenvalue weighted by Gasteiger charge is 2.09. The van der Waals surface area contributed by atoms with Crippen LogP contribution in [0.4, 0.5) is 0 Å². The highest BCUT2D eigenvalue weighted by molar-refractivity contribution is 8.20. The molecule has 23 heavy (non-hydrogen) atoms. The second-order valence-corrected chi connectivity index (χ2v) is 12.6. The second kappa shape index (κ2) is 15.9. The Morgan fingerprint density at radius 2 is 1.57 bits per heavy atom. The summed E-state index contributed by atoms with van der Waals surface area (Å²) in [5, 5.41) is 0.963. The molecule has 0 radical (unpaired) electrons. The van der Waals surface area contributed by atoms with E-state index in [-0.39, 0.29) is 0 Å². The molecule has 0 aromatic heterocycles. The summed E-state index contributed by atoms with van der Waals surface area (Å²) in [6.45, 7) is 8.56. The number of thioether (sulfide) groups is 5. The summed E-state index contributed by atoms with van der Waals surface area (Å²) < 4.78 is 10.9. The Bertz CT molecular complexity index is 208. The quantitative estimate of drug-likeness (QED) is 0.511. The normalized spacial score (nSPS) is 29.9. The molecule has 2 atom stereocenters. The molecule has 4 saturated heterocycles. The predicted molar refractivity (Wildman–Crippen MR) is 117 cm³/mol. The zero-order valence-electron chi connectivity index (χ0n) is 14.7. The van der Waals surface area contributed by atoms with Gasteiger partial charge >= 0.3 is 0 Å². The van der Waals surface area contributed by atoms with Crippen molar-refractivity contribution in [1.82, 2.24) is 0 Å². The molecule has 0 saturated carbocycles. The van der Waals surface area contributed by atoms with Gasteiger partial charge in [-0.05, 0) is 32.4 Å². The molecule has 2 nitrogen and oxygen atoms in total. The molecule has 0 N–H and O–H groups in total. The van der Waals surface area contributed by atoms with Gasteiger partial charge in [-0.15, -0.1) is 47.0 Å². The summed E-state index contributed by atoms with van der Waals surface area (Å²) in [4.78, 5) is 0. The van der Waals surface area contributed by atoms with Gasteiger partial charge in [0.2, 0.25) is 0 Å². The topological polar surface area (TPSA) is 18.5 Å². The molecule has 0 aromatic carbocycles. The van der Waals surface area contributed by atoms with Crippen LogP contribution in [-0.4, -0.2) is 63.2 Å². The van der Waals surface area contributed by atoms with Gasteiger partial charge in [0, 0.05) is 32.8 Å². The predicted octanol–water partition coefficient (Wildman–Crippen LogP) is 5.52. The van der Waals surface area contributed by atoms with Crippen molar-refractivity contribution in [2.24, 2.45) is 0 Å². The number of hydrogen-bond donors (Lipinski definition) is 0. The monoisotopic (exact) mass is 416 g/mol. The lowest BCUT2D eigenvalue weighted by molar-refractivity contribution is 0.156. The highest BCUT2D eigenvalue weighted by atomic mass is 32.2. The Kier molecular flexibility index (Phi) is 15.7. The van der Waals surface area contributed by atoms with Crippen molar-refractivity contribution in [3.63, 3.8) is 0 Å². The van der Waals surface area contributed by atoms with E-state index in [2.05, 4.69) is 56.1 Å². The molecule has 4 heterocycles. The van der Waals surface area contributed by atoms with E-state index < -0.39 is 0 Å². The zero-order valence-corrected chi connectivity index (χ0v) is 18.7. The molecule has 0 aliphatic carbocycles. The Morgan fingerprint density at radius 1 is 0.783 bits per heavy atom. The third kappa shape index (κ3) is 14.5. The standard InChI is InChI=1S/C5H10S.C4H8OS.C4H8S2.C3H6OS/c1-5-3-2-4-6-5;2*1-4-5-2-3-6-4;1-2-5-3-4-1/h5H,2-4H2,1H3;2*4H,2-3H2,1H3;1-3H2. The van der Waals surface area contributed by atoms with E-state index in [0.717, 1.165) is 29.0 Å². The Morgan fingerprint density at radius 3 is 1.74 bits per heavy atom. The van der Waals surface area contributed by atoms with Crippen LogP contribution in [-0.2, 0) is 9.47 Å². The lowest BCUT2D eigenvalue weighted by atomic mass is 10.3. The fourth-order valence-corrected chi connectivity index (χ4v) is 6.76. The second-order valence-electron chi connectivity index (χ2n) is 5.38. The maximum atomic E-state index is 5.12. The van der Waals surface area contributed by atoms with Gasteiger partial charge < -0.3 is 9.47 Å². The molecule has 7 heteroatoms. The lowest BCUT2D eigenvalue weighted by Gasteiger charge is -1.93. The average molecular weight is 417 g/mol. The summed E-state index contributed by atoms with van der Waals surface area (Å²) >= 11 is 9.94. The fourth-order valence-electron chi connectivity index (χ4n) is 1.99. The van der Waals surface area contributed by atoms with E-state index in [4.69, 9.17) is 9.47 Å². The Labute approximate surface area is 164 Å². The minimum atomic E-state index is 0.463. The van der Waals surface area contributed by atoms with E-state index >= 15 is 0 Å². The first-order valence-corrected chi connectivity index (χ1v) is 13.8. The lowest BCUT2D eigenvalue weighted by Crippen LogP contribution is -1.90. The minimum Gasteiger partial charge on any atom is -0.370 e. The summed E-state index contributed by atoms with van der Waals surface area (Å²) in [5.41, 5.74) is 0.463. The molecular weight excluding hydrogens is 385 g/mol. The van der Waals surface area contributed by atoms with Crippen LogP contribution < -0.4 is 0 Å². The third-order valence-corrected chi connectivity index (χ3v) is 9.29. The molecule has 4 aliphatic rings. The first kappa shape index (κ1) is 22.7. The van der Waals surface area contributed by atoms with Gasteiger partial charge in [-0.2, -0.15) is 11.8 Å². The van der Waals surface area contributed by atoms with Crippen molar-refractivity contribution in [2.45, 2.75) is 48.9 Å². The summed E-state index contributed by atoms with van der Waals surface area (Å²) in [6, 6.07) is 0. The van der Waals surface area contributed by atoms with Gasteiger partial charge in [0.25, 0.3) is 0 Å². The first-order chi connectivity index (χ1) is 11.2. The van der Waals surface area contributed by atoms with Gasteiger partial charge in [-0.3, -0.25) is 0 Å². The number of ether oxygens (including phenoxy) is 2. The van der Waals surface area contributed by atoms with Crippen molar-refractivity contribution < 1.29 is 9.47 Å². The molecule has 4 aliphatic heterocycles.